The SMILES string of the molecule is CC(=O)Oc1ccc(C(=O)O)c(CC(C)C)c1. The van der Waals surface area contributed by atoms with Gasteiger partial charge >= 0.3 is 11.9 Å². The number of carbonyl (C=O) groups is 2. The molecular weight excluding hydrogens is 220 g/mol. The average Bonchev–Trinajstić information content (AvgIpc) is 2.15. The van der Waals surface area contributed by atoms with Gasteiger partial charge in [0.2, 0.25) is 0 Å². The third-order valence-corrected chi connectivity index (χ3v) is 2.20. The lowest BCUT2D eigenvalue weighted by Gasteiger charge is -2.10. The van der Waals surface area contributed by atoms with Gasteiger partial charge in [0.15, 0.2) is 0 Å². The molecule has 1 rings (SSSR count). The monoisotopic (exact) mass is 236 g/mol. The van der Waals surface area contributed by atoms with E-state index in [0.717, 1.165) is 0 Å². The molecule has 0 radical (unpaired) electrons. The molecular formula is C13H16O4. The predicted octanol–water partition coefficient (Wildman–Crippen LogP) is 2.51. The van der Waals surface area contributed by atoms with Crippen molar-refractivity contribution in [3.8, 4) is 5.75 Å². The maximum absolute atomic E-state index is 11.0. The van der Waals surface area contributed by atoms with Crippen LogP contribution in [0.25, 0.3) is 0 Å². The summed E-state index contributed by atoms with van der Waals surface area (Å²) >= 11 is 0. The summed E-state index contributed by atoms with van der Waals surface area (Å²) in [6.07, 6.45) is 0.636. The summed E-state index contributed by atoms with van der Waals surface area (Å²) in [5.41, 5.74) is 0.945. The second kappa shape index (κ2) is 5.48. The minimum atomic E-state index is -0.963. The molecule has 0 bridgehead atoms. The number of hydrogen-bond donors (Lipinski definition) is 1. The smallest absolute Gasteiger partial charge is 0.335 e. The van der Waals surface area contributed by atoms with E-state index in [-0.39, 0.29) is 5.56 Å². The summed E-state index contributed by atoms with van der Waals surface area (Å²) < 4.78 is 4.94. The Bertz CT molecular complexity index is 435. The van der Waals surface area contributed by atoms with E-state index in [0.29, 0.717) is 23.7 Å². The summed E-state index contributed by atoms with van der Waals surface area (Å²) in [4.78, 5) is 21.9. The molecule has 0 aliphatic carbocycles. The third kappa shape index (κ3) is 3.90. The molecule has 0 heterocycles. The highest BCUT2D eigenvalue weighted by molar-refractivity contribution is 5.89. The van der Waals surface area contributed by atoms with Gasteiger partial charge in [0.25, 0.3) is 0 Å². The van der Waals surface area contributed by atoms with E-state index in [2.05, 4.69) is 0 Å². The number of carboxylic acid groups (broad SMARTS) is 1. The zero-order chi connectivity index (χ0) is 13.0. The fraction of sp³-hybridized carbons (Fsp3) is 0.385. The quantitative estimate of drug-likeness (QED) is 0.644. The summed E-state index contributed by atoms with van der Waals surface area (Å²) in [7, 11) is 0. The zero-order valence-corrected chi connectivity index (χ0v) is 10.2. The molecule has 92 valence electrons. The molecule has 0 unspecified atom stereocenters. The first kappa shape index (κ1) is 13.2. The van der Waals surface area contributed by atoms with Crippen LogP contribution in [0.1, 0.15) is 36.7 Å². The number of hydrogen-bond acceptors (Lipinski definition) is 3. The molecule has 0 aromatic heterocycles. The van der Waals surface area contributed by atoms with Crippen molar-refractivity contribution in [2.24, 2.45) is 5.92 Å². The van der Waals surface area contributed by atoms with Crippen molar-refractivity contribution in [2.75, 3.05) is 0 Å². The summed E-state index contributed by atoms with van der Waals surface area (Å²) in [5, 5.41) is 9.04. The van der Waals surface area contributed by atoms with E-state index in [1.165, 1.54) is 19.1 Å². The largest absolute Gasteiger partial charge is 0.478 e. The Morgan fingerprint density at radius 3 is 2.47 bits per heavy atom. The second-order valence-corrected chi connectivity index (χ2v) is 4.32. The molecule has 0 saturated heterocycles. The fourth-order valence-corrected chi connectivity index (χ4v) is 1.62. The van der Waals surface area contributed by atoms with Crippen LogP contribution < -0.4 is 4.74 Å². The van der Waals surface area contributed by atoms with E-state index in [1.807, 2.05) is 13.8 Å². The molecule has 17 heavy (non-hydrogen) atoms. The van der Waals surface area contributed by atoms with Gasteiger partial charge < -0.3 is 9.84 Å². The fourth-order valence-electron chi connectivity index (χ4n) is 1.62. The van der Waals surface area contributed by atoms with Crippen molar-refractivity contribution >= 4 is 11.9 Å². The molecule has 0 atom stereocenters. The van der Waals surface area contributed by atoms with Gasteiger partial charge in [0, 0.05) is 6.92 Å². The third-order valence-electron chi connectivity index (χ3n) is 2.20. The van der Waals surface area contributed by atoms with Crippen molar-refractivity contribution < 1.29 is 19.4 Å². The molecule has 4 heteroatoms. The highest BCUT2D eigenvalue weighted by Crippen LogP contribution is 2.21. The standard InChI is InChI=1S/C13H16O4/c1-8(2)6-10-7-11(17-9(3)14)4-5-12(10)13(15)16/h4-5,7-8H,6H2,1-3H3,(H,15,16). The van der Waals surface area contributed by atoms with Crippen LogP contribution in [0.4, 0.5) is 0 Å². The Morgan fingerprint density at radius 2 is 2.00 bits per heavy atom. The number of carboxylic acids is 1. The molecule has 0 fully saturated rings. The Labute approximate surface area is 100 Å². The molecule has 1 N–H and O–H groups in total. The lowest BCUT2D eigenvalue weighted by Crippen LogP contribution is -2.07. The van der Waals surface area contributed by atoms with Crippen molar-refractivity contribution in [1.82, 2.24) is 0 Å². The van der Waals surface area contributed by atoms with Crippen LogP contribution in [-0.4, -0.2) is 17.0 Å². The molecule has 0 amide bonds. The van der Waals surface area contributed by atoms with E-state index in [1.54, 1.807) is 6.07 Å². The van der Waals surface area contributed by atoms with E-state index in [4.69, 9.17) is 9.84 Å². The van der Waals surface area contributed by atoms with Crippen LogP contribution in [0, 0.1) is 5.92 Å². The molecule has 1 aromatic carbocycles. The molecule has 1 aromatic rings. The number of aromatic carboxylic acids is 1. The van der Waals surface area contributed by atoms with E-state index >= 15 is 0 Å². The first-order chi connectivity index (χ1) is 7.90. The molecule has 0 spiro atoms. The summed E-state index contributed by atoms with van der Waals surface area (Å²) in [6.45, 7) is 5.32. The van der Waals surface area contributed by atoms with Crippen LogP contribution in [-0.2, 0) is 11.2 Å². The zero-order valence-electron chi connectivity index (χ0n) is 10.2. The minimum absolute atomic E-state index is 0.259. The summed E-state index contributed by atoms with van der Waals surface area (Å²) in [6, 6.07) is 4.58. The van der Waals surface area contributed by atoms with Crippen LogP contribution in [0.3, 0.4) is 0 Å². The number of ether oxygens (including phenoxy) is 1. The maximum Gasteiger partial charge on any atom is 0.335 e. The normalized spacial score (nSPS) is 10.4. The van der Waals surface area contributed by atoms with E-state index < -0.39 is 11.9 Å². The first-order valence-corrected chi connectivity index (χ1v) is 5.44. The highest BCUT2D eigenvalue weighted by atomic mass is 16.5. The molecule has 0 saturated carbocycles. The van der Waals surface area contributed by atoms with Gasteiger partial charge in [-0.1, -0.05) is 13.8 Å². The Kier molecular flexibility index (Phi) is 4.26. The lowest BCUT2D eigenvalue weighted by molar-refractivity contribution is -0.131. The molecule has 4 nitrogen and oxygen atoms in total. The van der Waals surface area contributed by atoms with Crippen molar-refractivity contribution in [3.05, 3.63) is 29.3 Å². The average molecular weight is 236 g/mol. The van der Waals surface area contributed by atoms with Crippen molar-refractivity contribution in [1.29, 1.82) is 0 Å². The van der Waals surface area contributed by atoms with Crippen LogP contribution in [0.15, 0.2) is 18.2 Å². The Balaban J connectivity index is 3.09. The van der Waals surface area contributed by atoms with Crippen LogP contribution in [0.5, 0.6) is 5.75 Å². The Morgan fingerprint density at radius 1 is 1.35 bits per heavy atom. The first-order valence-electron chi connectivity index (χ1n) is 5.44. The van der Waals surface area contributed by atoms with Gasteiger partial charge in [-0.25, -0.2) is 4.79 Å². The van der Waals surface area contributed by atoms with Gasteiger partial charge in [-0.3, -0.25) is 4.79 Å². The van der Waals surface area contributed by atoms with Gasteiger partial charge in [0.05, 0.1) is 5.56 Å². The van der Waals surface area contributed by atoms with Crippen molar-refractivity contribution in [3.63, 3.8) is 0 Å². The molecule has 0 aliphatic heterocycles. The lowest BCUT2D eigenvalue weighted by atomic mass is 9.98. The summed E-state index contributed by atoms with van der Waals surface area (Å²) in [5.74, 6) is -0.655. The maximum atomic E-state index is 11.0. The van der Waals surface area contributed by atoms with Crippen LogP contribution >= 0.6 is 0 Å². The van der Waals surface area contributed by atoms with Gasteiger partial charge in [-0.05, 0) is 36.1 Å². The number of carbonyl (C=O) groups excluding carboxylic acids is 1. The number of rotatable bonds is 4. The second-order valence-electron chi connectivity index (χ2n) is 4.32. The topological polar surface area (TPSA) is 63.6 Å². The highest BCUT2D eigenvalue weighted by Gasteiger charge is 2.13. The predicted molar refractivity (Wildman–Crippen MR) is 63.3 cm³/mol. The van der Waals surface area contributed by atoms with E-state index in [9.17, 15) is 9.59 Å². The molecule has 0 aliphatic rings. The minimum Gasteiger partial charge on any atom is -0.478 e. The van der Waals surface area contributed by atoms with Gasteiger partial charge in [-0.2, -0.15) is 0 Å². The Hall–Kier alpha value is -1.84. The van der Waals surface area contributed by atoms with Gasteiger partial charge in [-0.15, -0.1) is 0 Å². The van der Waals surface area contributed by atoms with Gasteiger partial charge in [0.1, 0.15) is 5.75 Å². The number of esters is 1. The van der Waals surface area contributed by atoms with Crippen molar-refractivity contribution in [2.45, 2.75) is 27.2 Å². The number of benzene rings is 1. The van der Waals surface area contributed by atoms with Crippen LogP contribution in [0.2, 0.25) is 0 Å².